The summed E-state index contributed by atoms with van der Waals surface area (Å²) < 4.78 is 20.8. The molecule has 6 nitrogen and oxygen atoms in total. The van der Waals surface area contributed by atoms with Crippen molar-refractivity contribution in [1.29, 1.82) is 0 Å². The summed E-state index contributed by atoms with van der Waals surface area (Å²) in [4.78, 5) is 17.8. The predicted molar refractivity (Wildman–Crippen MR) is 105 cm³/mol. The lowest BCUT2D eigenvalue weighted by molar-refractivity contribution is 0.153. The smallest absolute Gasteiger partial charge is 0.385 e. The molecule has 0 heterocycles. The van der Waals surface area contributed by atoms with Crippen LogP contribution in [0.15, 0.2) is 18.2 Å². The average Bonchev–Trinajstić information content (AvgIpc) is 3.02. The van der Waals surface area contributed by atoms with Crippen molar-refractivity contribution < 1.29 is 23.6 Å². The Morgan fingerprint density at radius 2 is 2.11 bits per heavy atom. The average molecular weight is 397 g/mol. The molecular formula is C20H32NO5P. The molecule has 0 aromatic heterocycles. The molecule has 152 valence electrons. The van der Waals surface area contributed by atoms with E-state index in [1.807, 2.05) is 0 Å². The standard InChI is InChI=1S/C20H32NO5P/c1-25-10-2-3-15-4-5-17-12-18(7-6-16(17)11-15)19-8-9-20(21,13-19)14-26-27(22,23)24/h6-7,12,15,19H,2-5,8-11,13-14,21H2,1H3,(H2,22,23,24)/t15-,19+,20-/m0/s1. The Hall–Kier alpha value is -0.750. The maximum Gasteiger partial charge on any atom is 0.469 e. The van der Waals surface area contributed by atoms with Crippen LogP contribution in [-0.4, -0.2) is 35.6 Å². The highest BCUT2D eigenvalue weighted by atomic mass is 31.2. The molecule has 0 radical (unpaired) electrons. The lowest BCUT2D eigenvalue weighted by Crippen LogP contribution is -2.41. The first kappa shape index (κ1) is 21.0. The summed E-state index contributed by atoms with van der Waals surface area (Å²) in [6, 6.07) is 6.83. The van der Waals surface area contributed by atoms with Gasteiger partial charge in [-0.1, -0.05) is 18.2 Å². The molecule has 7 heteroatoms. The molecule has 3 atom stereocenters. The van der Waals surface area contributed by atoms with Crippen molar-refractivity contribution >= 4 is 7.82 Å². The first-order valence-corrected chi connectivity index (χ1v) is 11.4. The van der Waals surface area contributed by atoms with Crippen LogP contribution in [0.25, 0.3) is 0 Å². The maximum atomic E-state index is 11.0. The minimum Gasteiger partial charge on any atom is -0.385 e. The molecule has 0 bridgehead atoms. The van der Waals surface area contributed by atoms with Gasteiger partial charge in [-0.05, 0) is 79.9 Å². The summed E-state index contributed by atoms with van der Waals surface area (Å²) in [6.45, 7) is 0.748. The van der Waals surface area contributed by atoms with E-state index in [0.29, 0.717) is 12.3 Å². The second-order valence-electron chi connectivity index (χ2n) is 8.34. The molecule has 27 heavy (non-hydrogen) atoms. The molecule has 1 saturated carbocycles. The molecule has 4 N–H and O–H groups in total. The zero-order chi connectivity index (χ0) is 19.5. The predicted octanol–water partition coefficient (Wildman–Crippen LogP) is 3.29. The highest BCUT2D eigenvalue weighted by molar-refractivity contribution is 7.46. The quantitative estimate of drug-likeness (QED) is 0.460. The van der Waals surface area contributed by atoms with Gasteiger partial charge >= 0.3 is 7.82 Å². The number of hydrogen-bond acceptors (Lipinski definition) is 4. The number of fused-ring (bicyclic) bond motifs is 1. The van der Waals surface area contributed by atoms with Crippen molar-refractivity contribution in [3.05, 3.63) is 34.9 Å². The molecule has 0 spiro atoms. The number of rotatable bonds is 8. The molecule has 3 rings (SSSR count). The van der Waals surface area contributed by atoms with Crippen molar-refractivity contribution in [3.63, 3.8) is 0 Å². The number of ether oxygens (including phenoxy) is 1. The third-order valence-corrected chi connectivity index (χ3v) is 6.62. The lowest BCUT2D eigenvalue weighted by Gasteiger charge is -2.26. The molecule has 0 unspecified atom stereocenters. The van der Waals surface area contributed by atoms with E-state index in [1.54, 1.807) is 7.11 Å². The van der Waals surface area contributed by atoms with Gasteiger partial charge in [0, 0.05) is 19.3 Å². The van der Waals surface area contributed by atoms with Gasteiger partial charge in [0.1, 0.15) is 0 Å². The van der Waals surface area contributed by atoms with Gasteiger partial charge in [-0.2, -0.15) is 0 Å². The first-order valence-electron chi connectivity index (χ1n) is 9.88. The van der Waals surface area contributed by atoms with Gasteiger partial charge in [0.15, 0.2) is 0 Å². The van der Waals surface area contributed by atoms with Crippen molar-refractivity contribution in [2.75, 3.05) is 20.3 Å². The van der Waals surface area contributed by atoms with Crippen LogP contribution < -0.4 is 5.73 Å². The topological polar surface area (TPSA) is 102 Å². The molecule has 1 fully saturated rings. The molecule has 1 aromatic carbocycles. The number of nitrogens with two attached hydrogens (primary N) is 1. The Bertz CT molecular complexity index is 691. The van der Waals surface area contributed by atoms with Crippen LogP contribution in [0, 0.1) is 5.92 Å². The highest BCUT2D eigenvalue weighted by Gasteiger charge is 2.38. The van der Waals surface area contributed by atoms with Crippen LogP contribution in [0.1, 0.15) is 61.1 Å². The zero-order valence-corrected chi connectivity index (χ0v) is 17.0. The van der Waals surface area contributed by atoms with Gasteiger partial charge < -0.3 is 20.3 Å². The van der Waals surface area contributed by atoms with Gasteiger partial charge in [-0.15, -0.1) is 0 Å². The van der Waals surface area contributed by atoms with Crippen LogP contribution in [0.3, 0.4) is 0 Å². The minimum atomic E-state index is -4.47. The van der Waals surface area contributed by atoms with E-state index in [1.165, 1.54) is 29.5 Å². The third kappa shape index (κ3) is 5.86. The van der Waals surface area contributed by atoms with Crippen LogP contribution in [0.2, 0.25) is 0 Å². The summed E-state index contributed by atoms with van der Waals surface area (Å²) in [6.07, 6.45) is 8.23. The van der Waals surface area contributed by atoms with Crippen molar-refractivity contribution in [3.8, 4) is 0 Å². The molecule has 0 amide bonds. The van der Waals surface area contributed by atoms with Gasteiger partial charge in [0.2, 0.25) is 0 Å². The maximum absolute atomic E-state index is 11.0. The Kier molecular flexibility index (Phi) is 6.78. The van der Waals surface area contributed by atoms with E-state index in [0.717, 1.165) is 44.6 Å². The summed E-state index contributed by atoms with van der Waals surface area (Å²) in [5.74, 6) is 1.09. The Balaban J connectivity index is 1.59. The Labute approximate surface area is 161 Å². The fraction of sp³-hybridized carbons (Fsp3) is 0.700. The molecule has 2 aliphatic rings. The van der Waals surface area contributed by atoms with Crippen molar-refractivity contribution in [2.24, 2.45) is 11.7 Å². The number of phosphoric acid groups is 1. The normalized spacial score (nSPS) is 28.3. The minimum absolute atomic E-state index is 0.0954. The monoisotopic (exact) mass is 397 g/mol. The van der Waals surface area contributed by atoms with E-state index in [9.17, 15) is 4.57 Å². The second-order valence-corrected chi connectivity index (χ2v) is 9.58. The Morgan fingerprint density at radius 3 is 2.85 bits per heavy atom. The highest BCUT2D eigenvalue weighted by Crippen LogP contribution is 2.44. The number of methoxy groups -OCH3 is 1. The number of aryl methyl sites for hydroxylation is 1. The van der Waals surface area contributed by atoms with E-state index in [4.69, 9.17) is 20.3 Å². The summed E-state index contributed by atoms with van der Waals surface area (Å²) >= 11 is 0. The van der Waals surface area contributed by atoms with E-state index >= 15 is 0 Å². The second kappa shape index (κ2) is 8.73. The van der Waals surface area contributed by atoms with Crippen molar-refractivity contribution in [1.82, 2.24) is 0 Å². The van der Waals surface area contributed by atoms with E-state index in [-0.39, 0.29) is 6.61 Å². The zero-order valence-electron chi connectivity index (χ0n) is 16.1. The SMILES string of the molecule is COCCC[C@H]1CCc2cc([C@@H]3CC[C@@](N)(COP(=O)(O)O)C3)ccc2C1. The lowest BCUT2D eigenvalue weighted by atomic mass is 9.80. The molecule has 1 aromatic rings. The number of hydrogen-bond donors (Lipinski definition) is 3. The Morgan fingerprint density at radius 1 is 1.30 bits per heavy atom. The number of benzene rings is 1. The summed E-state index contributed by atoms with van der Waals surface area (Å²) in [5.41, 5.74) is 9.89. The van der Waals surface area contributed by atoms with Crippen LogP contribution in [0.4, 0.5) is 0 Å². The van der Waals surface area contributed by atoms with Gasteiger partial charge in [0.05, 0.1) is 6.61 Å². The van der Waals surface area contributed by atoms with E-state index < -0.39 is 13.4 Å². The molecule has 2 aliphatic carbocycles. The van der Waals surface area contributed by atoms with Gasteiger partial charge in [-0.3, -0.25) is 4.52 Å². The van der Waals surface area contributed by atoms with Crippen LogP contribution >= 0.6 is 7.82 Å². The van der Waals surface area contributed by atoms with Crippen LogP contribution in [-0.2, 0) is 26.7 Å². The fourth-order valence-corrected chi connectivity index (χ4v) is 5.08. The van der Waals surface area contributed by atoms with Gasteiger partial charge in [0.25, 0.3) is 0 Å². The molecule has 0 aliphatic heterocycles. The van der Waals surface area contributed by atoms with Crippen LogP contribution in [0.5, 0.6) is 0 Å². The third-order valence-electron chi connectivity index (χ3n) is 6.16. The molecular weight excluding hydrogens is 365 g/mol. The first-order chi connectivity index (χ1) is 12.8. The number of phosphoric ester groups is 1. The fourth-order valence-electron chi connectivity index (χ4n) is 4.65. The summed E-state index contributed by atoms with van der Waals surface area (Å²) in [7, 11) is -2.71. The van der Waals surface area contributed by atoms with Crippen molar-refractivity contribution in [2.45, 2.75) is 62.8 Å². The summed E-state index contributed by atoms with van der Waals surface area (Å²) in [5, 5.41) is 0. The van der Waals surface area contributed by atoms with E-state index in [2.05, 4.69) is 22.7 Å². The largest absolute Gasteiger partial charge is 0.469 e. The molecule has 0 saturated heterocycles. The van der Waals surface area contributed by atoms with Gasteiger partial charge in [-0.25, -0.2) is 4.57 Å².